The molecule has 1 saturated heterocycles. The molecule has 106 valence electrons. The summed E-state index contributed by atoms with van der Waals surface area (Å²) < 4.78 is 10.6. The number of thiazole rings is 1. The van der Waals surface area contributed by atoms with Gasteiger partial charge in [0.1, 0.15) is 0 Å². The Bertz CT molecular complexity index is 416. The van der Waals surface area contributed by atoms with Crippen molar-refractivity contribution in [1.82, 2.24) is 4.98 Å². The Morgan fingerprint density at radius 2 is 2.26 bits per heavy atom. The minimum atomic E-state index is -0.972. The molecule has 0 aromatic carbocycles. The second-order valence-electron chi connectivity index (χ2n) is 4.37. The van der Waals surface area contributed by atoms with Crippen LogP contribution < -0.4 is 4.90 Å². The summed E-state index contributed by atoms with van der Waals surface area (Å²) >= 11 is 1.38. The number of methoxy groups -OCH3 is 1. The SMILES string of the molecule is COCCOC1CCN(c2nc(C(=O)O)cs2)CC1. The van der Waals surface area contributed by atoms with Crippen molar-refractivity contribution >= 4 is 22.4 Å². The van der Waals surface area contributed by atoms with Crippen LogP contribution in [0, 0.1) is 0 Å². The first-order chi connectivity index (χ1) is 9.20. The van der Waals surface area contributed by atoms with Gasteiger partial charge in [0.15, 0.2) is 10.8 Å². The number of rotatable bonds is 6. The summed E-state index contributed by atoms with van der Waals surface area (Å²) in [6.07, 6.45) is 2.14. The maximum atomic E-state index is 10.8. The molecule has 1 aliphatic rings. The molecule has 0 radical (unpaired) electrons. The summed E-state index contributed by atoms with van der Waals surface area (Å²) in [7, 11) is 1.66. The number of aromatic carboxylic acids is 1. The number of ether oxygens (including phenoxy) is 2. The fraction of sp³-hybridized carbons (Fsp3) is 0.667. The number of hydrogen-bond donors (Lipinski definition) is 1. The number of carboxylic acid groups (broad SMARTS) is 1. The van der Waals surface area contributed by atoms with Crippen molar-refractivity contribution in [2.24, 2.45) is 0 Å². The van der Waals surface area contributed by atoms with E-state index in [2.05, 4.69) is 9.88 Å². The molecular weight excluding hydrogens is 268 g/mol. The van der Waals surface area contributed by atoms with E-state index >= 15 is 0 Å². The molecule has 0 saturated carbocycles. The van der Waals surface area contributed by atoms with E-state index in [1.54, 1.807) is 12.5 Å². The molecule has 1 aromatic rings. The van der Waals surface area contributed by atoms with Crippen molar-refractivity contribution in [2.75, 3.05) is 38.3 Å². The molecule has 0 bridgehead atoms. The van der Waals surface area contributed by atoms with E-state index < -0.39 is 5.97 Å². The molecule has 19 heavy (non-hydrogen) atoms. The van der Waals surface area contributed by atoms with Crippen LogP contribution in [0.2, 0.25) is 0 Å². The summed E-state index contributed by atoms with van der Waals surface area (Å²) in [5.74, 6) is -0.972. The standard InChI is InChI=1S/C12H18N2O4S/c1-17-6-7-18-9-2-4-14(5-3-9)12-13-10(8-19-12)11(15)16/h8-9H,2-7H2,1H3,(H,15,16). The van der Waals surface area contributed by atoms with Gasteiger partial charge in [0.2, 0.25) is 0 Å². The minimum absolute atomic E-state index is 0.124. The second-order valence-corrected chi connectivity index (χ2v) is 5.21. The maximum Gasteiger partial charge on any atom is 0.355 e. The summed E-state index contributed by atoms with van der Waals surface area (Å²) in [5.41, 5.74) is 0.124. The Balaban J connectivity index is 1.80. The van der Waals surface area contributed by atoms with Crippen molar-refractivity contribution in [3.05, 3.63) is 11.1 Å². The van der Waals surface area contributed by atoms with E-state index in [9.17, 15) is 4.79 Å². The first-order valence-electron chi connectivity index (χ1n) is 6.25. The molecule has 0 atom stereocenters. The van der Waals surface area contributed by atoms with E-state index in [1.807, 2.05) is 0 Å². The molecule has 6 nitrogen and oxygen atoms in total. The van der Waals surface area contributed by atoms with Crippen LogP contribution in [0.5, 0.6) is 0 Å². The first-order valence-corrected chi connectivity index (χ1v) is 7.13. The average molecular weight is 286 g/mol. The third kappa shape index (κ3) is 3.89. The van der Waals surface area contributed by atoms with Gasteiger partial charge in [-0.15, -0.1) is 11.3 Å². The zero-order valence-electron chi connectivity index (χ0n) is 10.9. The predicted octanol–water partition coefficient (Wildman–Crippen LogP) is 1.47. The fourth-order valence-electron chi connectivity index (χ4n) is 2.02. The molecule has 0 amide bonds. The third-order valence-corrected chi connectivity index (χ3v) is 3.97. The number of hydrogen-bond acceptors (Lipinski definition) is 6. The Labute approximate surface area is 116 Å². The Morgan fingerprint density at radius 3 is 2.84 bits per heavy atom. The van der Waals surface area contributed by atoms with E-state index in [4.69, 9.17) is 14.6 Å². The lowest BCUT2D eigenvalue weighted by Gasteiger charge is -2.31. The van der Waals surface area contributed by atoms with Gasteiger partial charge >= 0.3 is 5.97 Å². The van der Waals surface area contributed by atoms with Crippen LogP contribution in [-0.2, 0) is 9.47 Å². The van der Waals surface area contributed by atoms with Crippen LogP contribution in [-0.4, -0.2) is 55.6 Å². The van der Waals surface area contributed by atoms with Gasteiger partial charge in [-0.05, 0) is 12.8 Å². The minimum Gasteiger partial charge on any atom is -0.476 e. The van der Waals surface area contributed by atoms with Crippen molar-refractivity contribution < 1.29 is 19.4 Å². The maximum absolute atomic E-state index is 10.8. The average Bonchev–Trinajstić information content (AvgIpc) is 2.90. The van der Waals surface area contributed by atoms with Crippen LogP contribution in [0.1, 0.15) is 23.3 Å². The zero-order valence-corrected chi connectivity index (χ0v) is 11.7. The molecule has 0 aliphatic carbocycles. The predicted molar refractivity (Wildman–Crippen MR) is 72.1 cm³/mol. The van der Waals surface area contributed by atoms with Crippen LogP contribution >= 0.6 is 11.3 Å². The van der Waals surface area contributed by atoms with Gasteiger partial charge in [-0.1, -0.05) is 0 Å². The van der Waals surface area contributed by atoms with E-state index in [1.165, 1.54) is 11.3 Å². The number of aromatic nitrogens is 1. The number of piperidine rings is 1. The largest absolute Gasteiger partial charge is 0.476 e. The molecule has 1 aromatic heterocycles. The summed E-state index contributed by atoms with van der Waals surface area (Å²) in [5, 5.41) is 11.2. The van der Waals surface area contributed by atoms with E-state index in [0.29, 0.717) is 13.2 Å². The highest BCUT2D eigenvalue weighted by Gasteiger charge is 2.22. The van der Waals surface area contributed by atoms with Crippen LogP contribution in [0.25, 0.3) is 0 Å². The van der Waals surface area contributed by atoms with Crippen LogP contribution in [0.4, 0.5) is 5.13 Å². The van der Waals surface area contributed by atoms with Gasteiger partial charge in [0.05, 0.1) is 19.3 Å². The summed E-state index contributed by atoms with van der Waals surface area (Å²) in [6.45, 7) is 2.95. The van der Waals surface area contributed by atoms with Gasteiger partial charge in [-0.25, -0.2) is 9.78 Å². The van der Waals surface area contributed by atoms with Gasteiger partial charge in [-0.2, -0.15) is 0 Å². The highest BCUT2D eigenvalue weighted by Crippen LogP contribution is 2.25. The smallest absolute Gasteiger partial charge is 0.355 e. The van der Waals surface area contributed by atoms with Gasteiger partial charge in [-0.3, -0.25) is 0 Å². The highest BCUT2D eigenvalue weighted by molar-refractivity contribution is 7.13. The van der Waals surface area contributed by atoms with Gasteiger partial charge in [0, 0.05) is 25.6 Å². The molecule has 7 heteroatoms. The van der Waals surface area contributed by atoms with Crippen LogP contribution in [0.3, 0.4) is 0 Å². The topological polar surface area (TPSA) is 71.9 Å². The normalized spacial score (nSPS) is 16.8. The van der Waals surface area contributed by atoms with Crippen molar-refractivity contribution in [3.63, 3.8) is 0 Å². The lowest BCUT2D eigenvalue weighted by Crippen LogP contribution is -2.37. The Kier molecular flexibility index (Phi) is 5.12. The summed E-state index contributed by atoms with van der Waals surface area (Å²) in [6, 6.07) is 0. The third-order valence-electron chi connectivity index (χ3n) is 3.06. The molecular formula is C12H18N2O4S. The lowest BCUT2D eigenvalue weighted by atomic mass is 10.1. The lowest BCUT2D eigenvalue weighted by molar-refractivity contribution is 0.00609. The Hall–Kier alpha value is -1.18. The summed E-state index contributed by atoms with van der Waals surface area (Å²) in [4.78, 5) is 17.0. The molecule has 2 heterocycles. The van der Waals surface area contributed by atoms with Crippen molar-refractivity contribution in [2.45, 2.75) is 18.9 Å². The van der Waals surface area contributed by atoms with E-state index in [-0.39, 0.29) is 11.8 Å². The second kappa shape index (κ2) is 6.83. The first kappa shape index (κ1) is 14.2. The Morgan fingerprint density at radius 1 is 1.53 bits per heavy atom. The molecule has 0 unspecified atom stereocenters. The molecule has 2 rings (SSSR count). The monoisotopic (exact) mass is 286 g/mol. The zero-order chi connectivity index (χ0) is 13.7. The highest BCUT2D eigenvalue weighted by atomic mass is 32.1. The number of carbonyl (C=O) groups is 1. The molecule has 0 spiro atoms. The fourth-order valence-corrected chi connectivity index (χ4v) is 2.87. The number of nitrogens with zero attached hydrogens (tertiary/aromatic N) is 2. The quantitative estimate of drug-likeness (QED) is 0.799. The number of carboxylic acids is 1. The van der Waals surface area contributed by atoms with Gasteiger partial charge < -0.3 is 19.5 Å². The van der Waals surface area contributed by atoms with Crippen LogP contribution in [0.15, 0.2) is 5.38 Å². The van der Waals surface area contributed by atoms with E-state index in [0.717, 1.165) is 31.1 Å². The number of anilines is 1. The molecule has 1 fully saturated rings. The van der Waals surface area contributed by atoms with Gasteiger partial charge in [0.25, 0.3) is 0 Å². The van der Waals surface area contributed by atoms with Crippen molar-refractivity contribution in [1.29, 1.82) is 0 Å². The molecule has 1 N–H and O–H groups in total. The van der Waals surface area contributed by atoms with Crippen molar-refractivity contribution in [3.8, 4) is 0 Å². The molecule has 1 aliphatic heterocycles.